The van der Waals surface area contributed by atoms with Gasteiger partial charge in [0.2, 0.25) is 0 Å². The maximum Gasteiger partial charge on any atom is 0.332 e. The van der Waals surface area contributed by atoms with Gasteiger partial charge in [-0.25, -0.2) is 9.59 Å². The molecule has 4 N–H and O–H groups in total. The number of thioether (sulfide) groups is 1. The van der Waals surface area contributed by atoms with E-state index in [1.54, 1.807) is 0 Å². The van der Waals surface area contributed by atoms with Crippen LogP contribution in [0.1, 0.15) is 32.6 Å². The highest BCUT2D eigenvalue weighted by Gasteiger charge is 2.25. The van der Waals surface area contributed by atoms with E-state index in [1.165, 1.54) is 0 Å². The molecule has 0 aromatic rings. The number of rotatable bonds is 7. The van der Waals surface area contributed by atoms with Crippen LogP contribution < -0.4 is 10.6 Å². The first-order chi connectivity index (χ1) is 9.02. The monoisotopic (exact) mass is 290 g/mol. The maximum atomic E-state index is 11.6. The molecule has 1 fully saturated rings. The van der Waals surface area contributed by atoms with Crippen molar-refractivity contribution in [1.29, 1.82) is 0 Å². The van der Waals surface area contributed by atoms with E-state index in [4.69, 9.17) is 10.2 Å². The molecule has 3 atom stereocenters. The fourth-order valence-corrected chi connectivity index (χ4v) is 3.28. The summed E-state index contributed by atoms with van der Waals surface area (Å²) in [5, 5.41) is 23.6. The van der Waals surface area contributed by atoms with Crippen molar-refractivity contribution in [2.75, 3.05) is 12.3 Å². The molecular weight excluding hydrogens is 268 g/mol. The molecule has 19 heavy (non-hydrogen) atoms. The Balaban J connectivity index is 2.13. The van der Waals surface area contributed by atoms with E-state index in [9.17, 15) is 9.59 Å². The van der Waals surface area contributed by atoms with Crippen LogP contribution in [0.2, 0.25) is 0 Å². The zero-order valence-electron chi connectivity index (χ0n) is 11.1. The van der Waals surface area contributed by atoms with Crippen molar-refractivity contribution in [3.05, 3.63) is 0 Å². The standard InChI is InChI=1S/C12H22N2O4S/c1-2-19-9-4-3-8(7-9)14-12(18)13-6-5-10(15)11(16)17/h8-10,15H,2-7H2,1H3,(H,16,17)(H2,13,14,18). The molecule has 0 aromatic heterocycles. The highest BCUT2D eigenvalue weighted by Crippen LogP contribution is 2.29. The number of aliphatic hydroxyl groups is 1. The van der Waals surface area contributed by atoms with Crippen molar-refractivity contribution in [3.8, 4) is 0 Å². The Hall–Kier alpha value is -0.950. The number of carbonyl (C=O) groups is 2. The van der Waals surface area contributed by atoms with Crippen LogP contribution in [0.5, 0.6) is 0 Å². The summed E-state index contributed by atoms with van der Waals surface area (Å²) in [6.45, 7) is 2.28. The van der Waals surface area contributed by atoms with E-state index in [0.29, 0.717) is 5.25 Å². The van der Waals surface area contributed by atoms with Gasteiger partial charge in [0, 0.05) is 24.3 Å². The summed E-state index contributed by atoms with van der Waals surface area (Å²) >= 11 is 1.92. The Kier molecular flexibility index (Phi) is 7.01. The minimum absolute atomic E-state index is 0.0156. The van der Waals surface area contributed by atoms with Crippen molar-refractivity contribution in [2.45, 2.75) is 50.0 Å². The van der Waals surface area contributed by atoms with Gasteiger partial charge in [0.1, 0.15) is 0 Å². The number of hydrogen-bond acceptors (Lipinski definition) is 4. The van der Waals surface area contributed by atoms with Gasteiger partial charge in [-0.3, -0.25) is 0 Å². The van der Waals surface area contributed by atoms with Gasteiger partial charge in [-0.2, -0.15) is 11.8 Å². The maximum absolute atomic E-state index is 11.6. The van der Waals surface area contributed by atoms with Crippen LogP contribution in [-0.2, 0) is 4.79 Å². The van der Waals surface area contributed by atoms with Crippen molar-refractivity contribution in [2.24, 2.45) is 0 Å². The summed E-state index contributed by atoms with van der Waals surface area (Å²) < 4.78 is 0. The van der Waals surface area contributed by atoms with Crippen molar-refractivity contribution in [3.63, 3.8) is 0 Å². The van der Waals surface area contributed by atoms with E-state index < -0.39 is 12.1 Å². The van der Waals surface area contributed by atoms with Crippen LogP contribution in [0.15, 0.2) is 0 Å². The number of carboxylic acids is 1. The van der Waals surface area contributed by atoms with Crippen LogP contribution in [0.25, 0.3) is 0 Å². The van der Waals surface area contributed by atoms with E-state index >= 15 is 0 Å². The van der Waals surface area contributed by atoms with Crippen molar-refractivity contribution >= 4 is 23.8 Å². The number of carbonyl (C=O) groups excluding carboxylic acids is 1. The lowest BCUT2D eigenvalue weighted by Gasteiger charge is -2.14. The molecule has 1 saturated carbocycles. The van der Waals surface area contributed by atoms with Gasteiger partial charge in [-0.05, 0) is 25.0 Å². The van der Waals surface area contributed by atoms with Gasteiger partial charge in [0.05, 0.1) is 0 Å². The van der Waals surface area contributed by atoms with Gasteiger partial charge in [-0.1, -0.05) is 6.92 Å². The number of carboxylic acid groups (broad SMARTS) is 1. The lowest BCUT2D eigenvalue weighted by Crippen LogP contribution is -2.42. The molecule has 0 spiro atoms. The first kappa shape index (κ1) is 16.1. The summed E-state index contributed by atoms with van der Waals surface area (Å²) in [6.07, 6.45) is 1.70. The lowest BCUT2D eigenvalue weighted by atomic mass is 10.2. The highest BCUT2D eigenvalue weighted by molar-refractivity contribution is 7.99. The molecule has 0 heterocycles. The Morgan fingerprint density at radius 1 is 1.42 bits per heavy atom. The molecule has 1 aliphatic rings. The molecule has 0 saturated heterocycles. The normalized spacial score (nSPS) is 23.9. The summed E-state index contributed by atoms with van der Waals surface area (Å²) in [4.78, 5) is 21.9. The predicted molar refractivity (Wildman–Crippen MR) is 74.4 cm³/mol. The van der Waals surface area contributed by atoms with Crippen LogP contribution >= 0.6 is 11.8 Å². The smallest absolute Gasteiger partial charge is 0.332 e. The second-order valence-corrected chi connectivity index (χ2v) is 6.21. The fraction of sp³-hybridized carbons (Fsp3) is 0.833. The Morgan fingerprint density at radius 2 is 2.16 bits per heavy atom. The summed E-state index contributed by atoms with van der Waals surface area (Å²) in [6, 6.07) is -0.0850. The van der Waals surface area contributed by atoms with Gasteiger partial charge in [0.15, 0.2) is 6.10 Å². The molecule has 1 aliphatic carbocycles. The molecule has 6 nitrogen and oxygen atoms in total. The topological polar surface area (TPSA) is 98.7 Å². The molecule has 7 heteroatoms. The number of nitrogens with one attached hydrogen (secondary N) is 2. The average Bonchev–Trinajstić information content (AvgIpc) is 2.76. The highest BCUT2D eigenvalue weighted by atomic mass is 32.2. The molecule has 110 valence electrons. The van der Waals surface area contributed by atoms with Crippen LogP contribution in [0, 0.1) is 0 Å². The molecular formula is C12H22N2O4S. The number of hydrogen-bond donors (Lipinski definition) is 4. The summed E-state index contributed by atoms with van der Waals surface area (Å²) in [5.41, 5.74) is 0. The van der Waals surface area contributed by atoms with Gasteiger partial charge in [-0.15, -0.1) is 0 Å². The number of aliphatic hydroxyl groups excluding tert-OH is 1. The van der Waals surface area contributed by atoms with E-state index in [2.05, 4.69) is 17.6 Å². The first-order valence-corrected chi connectivity index (χ1v) is 7.64. The Labute approximate surface area is 117 Å². The largest absolute Gasteiger partial charge is 0.479 e. The molecule has 0 aromatic carbocycles. The van der Waals surface area contributed by atoms with Crippen molar-refractivity contribution in [1.82, 2.24) is 10.6 Å². The second-order valence-electron chi connectivity index (χ2n) is 4.63. The fourth-order valence-electron chi connectivity index (χ4n) is 2.14. The van der Waals surface area contributed by atoms with Crippen molar-refractivity contribution < 1.29 is 19.8 Å². The van der Waals surface area contributed by atoms with Gasteiger partial charge >= 0.3 is 12.0 Å². The second kappa shape index (κ2) is 8.27. The van der Waals surface area contributed by atoms with Crippen LogP contribution in [0.4, 0.5) is 4.79 Å². The predicted octanol–water partition coefficient (Wildman–Crippen LogP) is 0.795. The number of urea groups is 1. The van der Waals surface area contributed by atoms with E-state index in [-0.39, 0.29) is 25.0 Å². The molecule has 0 radical (unpaired) electrons. The zero-order chi connectivity index (χ0) is 14.3. The lowest BCUT2D eigenvalue weighted by molar-refractivity contribution is -0.146. The Bertz CT molecular complexity index is 314. The Morgan fingerprint density at radius 3 is 2.79 bits per heavy atom. The molecule has 1 rings (SSSR count). The van der Waals surface area contributed by atoms with E-state index in [0.717, 1.165) is 25.0 Å². The SMILES string of the molecule is CCSC1CCC(NC(=O)NCCC(O)C(=O)O)C1. The molecule has 3 unspecified atom stereocenters. The molecule has 0 aliphatic heterocycles. The first-order valence-electron chi connectivity index (χ1n) is 6.59. The third-order valence-corrected chi connectivity index (χ3v) is 4.34. The van der Waals surface area contributed by atoms with Gasteiger partial charge in [0.25, 0.3) is 0 Å². The minimum Gasteiger partial charge on any atom is -0.479 e. The number of amides is 2. The molecule has 0 bridgehead atoms. The quantitative estimate of drug-likeness (QED) is 0.556. The third kappa shape index (κ3) is 6.15. The summed E-state index contributed by atoms with van der Waals surface area (Å²) in [5.74, 6) is -0.172. The van der Waals surface area contributed by atoms with Gasteiger partial charge < -0.3 is 20.8 Å². The summed E-state index contributed by atoms with van der Waals surface area (Å²) in [7, 11) is 0. The number of aliphatic carboxylic acids is 1. The zero-order valence-corrected chi connectivity index (χ0v) is 11.9. The van der Waals surface area contributed by atoms with Crippen LogP contribution in [0.3, 0.4) is 0 Å². The molecule has 2 amide bonds. The minimum atomic E-state index is -1.42. The average molecular weight is 290 g/mol. The van der Waals surface area contributed by atoms with E-state index in [1.807, 2.05) is 11.8 Å². The van der Waals surface area contributed by atoms with Crippen LogP contribution in [-0.4, -0.2) is 51.9 Å². The third-order valence-electron chi connectivity index (χ3n) is 3.11.